The zero-order valence-electron chi connectivity index (χ0n) is 6.82. The second-order valence-corrected chi connectivity index (χ2v) is 3.14. The molecule has 72 valence electrons. The van der Waals surface area contributed by atoms with Crippen molar-refractivity contribution < 1.29 is 14.5 Å². The Morgan fingerprint density at radius 2 is 2.14 bits per heavy atom. The van der Waals surface area contributed by atoms with Crippen LogP contribution in [-0.2, 0) is 0 Å². The highest BCUT2D eigenvalue weighted by molar-refractivity contribution is 6.61. The van der Waals surface area contributed by atoms with E-state index in [2.05, 4.69) is 4.98 Å². The van der Waals surface area contributed by atoms with E-state index in [1.807, 2.05) is 0 Å². The molecular formula is C7H5BClNO4. The van der Waals surface area contributed by atoms with E-state index in [-0.39, 0.29) is 21.6 Å². The van der Waals surface area contributed by atoms with Crippen molar-refractivity contribution in [2.45, 2.75) is 0 Å². The quantitative estimate of drug-likeness (QED) is 0.555. The third-order valence-corrected chi connectivity index (χ3v) is 2.15. The molecule has 1 heterocycles. The molecule has 0 aliphatic carbocycles. The van der Waals surface area contributed by atoms with Crippen LogP contribution in [0.2, 0.25) is 5.02 Å². The molecule has 0 radical (unpaired) electrons. The van der Waals surface area contributed by atoms with Crippen molar-refractivity contribution in [1.82, 2.24) is 4.98 Å². The largest absolute Gasteiger partial charge is 0.492 e. The van der Waals surface area contributed by atoms with Gasteiger partial charge in [-0.05, 0) is 6.07 Å². The number of aromatic nitrogens is 1. The molecule has 0 fully saturated rings. The lowest BCUT2D eigenvalue weighted by atomic mass is 9.80. The zero-order chi connectivity index (χ0) is 10.3. The summed E-state index contributed by atoms with van der Waals surface area (Å²) in [7, 11) is -1.70. The van der Waals surface area contributed by atoms with E-state index < -0.39 is 12.9 Å². The summed E-state index contributed by atoms with van der Waals surface area (Å²) in [6, 6.07) is 2.83. The fourth-order valence-electron chi connectivity index (χ4n) is 1.22. The Hall–Kier alpha value is -1.24. The van der Waals surface area contributed by atoms with Gasteiger partial charge in [-0.25, -0.2) is 4.79 Å². The van der Waals surface area contributed by atoms with E-state index in [1.165, 1.54) is 12.1 Å². The minimum absolute atomic E-state index is 0.0671. The molecule has 0 aliphatic heterocycles. The Bertz CT molecular complexity index is 532. The minimum atomic E-state index is -1.70. The summed E-state index contributed by atoms with van der Waals surface area (Å²) in [4.78, 5) is 13.2. The first-order valence-corrected chi connectivity index (χ1v) is 4.15. The van der Waals surface area contributed by atoms with Crippen molar-refractivity contribution >= 4 is 35.3 Å². The molecule has 1 aromatic carbocycles. The van der Waals surface area contributed by atoms with Crippen LogP contribution in [0.25, 0.3) is 11.1 Å². The Morgan fingerprint density at radius 3 is 2.79 bits per heavy atom. The summed E-state index contributed by atoms with van der Waals surface area (Å²) in [5.74, 6) is -0.685. The van der Waals surface area contributed by atoms with Crippen LogP contribution in [0.4, 0.5) is 0 Å². The second kappa shape index (κ2) is 3.16. The van der Waals surface area contributed by atoms with Gasteiger partial charge < -0.3 is 14.5 Å². The van der Waals surface area contributed by atoms with E-state index in [4.69, 9.17) is 26.1 Å². The molecule has 2 rings (SSSR count). The average molecular weight is 213 g/mol. The molecule has 14 heavy (non-hydrogen) atoms. The van der Waals surface area contributed by atoms with Gasteiger partial charge in [0.05, 0.1) is 5.02 Å². The van der Waals surface area contributed by atoms with Crippen LogP contribution in [0.5, 0.6) is 0 Å². The van der Waals surface area contributed by atoms with Gasteiger partial charge in [-0.1, -0.05) is 17.7 Å². The van der Waals surface area contributed by atoms with Gasteiger partial charge in [0.25, 0.3) is 0 Å². The first-order valence-electron chi connectivity index (χ1n) is 3.77. The topological polar surface area (TPSA) is 86.5 Å². The molecule has 1 aromatic heterocycles. The predicted octanol–water partition coefficient (Wildman–Crippen LogP) is -0.546. The highest BCUT2D eigenvalue weighted by Crippen LogP contribution is 2.18. The molecule has 0 unspecified atom stereocenters. The maximum atomic E-state index is 10.9. The van der Waals surface area contributed by atoms with Gasteiger partial charge in [0.2, 0.25) is 0 Å². The number of benzene rings is 1. The summed E-state index contributed by atoms with van der Waals surface area (Å²) in [6.07, 6.45) is 0. The summed E-state index contributed by atoms with van der Waals surface area (Å²) in [5.41, 5.74) is 0.433. The molecule has 0 saturated carbocycles. The molecule has 2 aromatic rings. The standard InChI is InChI=1S/C7H5BClNO4/c9-4-2-1-3(8(12)13)6-5(4)10-7(11)14-6/h1-2,12-13H,(H,10,11). The molecule has 0 saturated heterocycles. The van der Waals surface area contributed by atoms with Gasteiger partial charge >= 0.3 is 12.9 Å². The Labute approximate surface area is 83.1 Å². The Balaban J connectivity index is 2.87. The number of H-pyrrole nitrogens is 1. The average Bonchev–Trinajstić information content (AvgIpc) is 2.47. The first kappa shape index (κ1) is 9.33. The third-order valence-electron chi connectivity index (χ3n) is 1.84. The number of nitrogens with one attached hydrogen (secondary N) is 1. The van der Waals surface area contributed by atoms with Crippen LogP contribution in [0, 0.1) is 0 Å². The van der Waals surface area contributed by atoms with E-state index in [1.54, 1.807) is 0 Å². The second-order valence-electron chi connectivity index (χ2n) is 2.73. The van der Waals surface area contributed by atoms with Gasteiger partial charge in [-0.2, -0.15) is 0 Å². The lowest BCUT2D eigenvalue weighted by Gasteiger charge is -1.99. The SMILES string of the molecule is O=c1[nH]c2c(Cl)ccc(B(O)O)c2o1. The fraction of sp³-hybridized carbons (Fsp3) is 0. The summed E-state index contributed by atoms with van der Waals surface area (Å²) >= 11 is 5.75. The van der Waals surface area contributed by atoms with Crippen LogP contribution in [-0.4, -0.2) is 22.2 Å². The number of halogens is 1. The minimum Gasteiger partial charge on any atom is -0.423 e. The normalized spacial score (nSPS) is 10.8. The maximum Gasteiger partial charge on any atom is 0.492 e. The lowest BCUT2D eigenvalue weighted by Crippen LogP contribution is -2.30. The van der Waals surface area contributed by atoms with E-state index in [0.717, 1.165) is 0 Å². The number of rotatable bonds is 1. The van der Waals surface area contributed by atoms with Crippen molar-refractivity contribution in [1.29, 1.82) is 0 Å². The van der Waals surface area contributed by atoms with Crippen molar-refractivity contribution in [2.75, 3.05) is 0 Å². The Kier molecular flexibility index (Phi) is 2.11. The van der Waals surface area contributed by atoms with E-state index in [0.29, 0.717) is 0 Å². The van der Waals surface area contributed by atoms with Gasteiger partial charge in [-0.3, -0.25) is 4.98 Å². The van der Waals surface area contributed by atoms with Crippen LogP contribution >= 0.6 is 11.6 Å². The van der Waals surface area contributed by atoms with E-state index in [9.17, 15) is 4.79 Å². The monoisotopic (exact) mass is 213 g/mol. The summed E-state index contributed by atoms with van der Waals surface area (Å²) in [5, 5.41) is 18.2. The zero-order valence-corrected chi connectivity index (χ0v) is 7.58. The first-order chi connectivity index (χ1) is 6.59. The van der Waals surface area contributed by atoms with Crippen molar-refractivity contribution in [3.63, 3.8) is 0 Å². The van der Waals surface area contributed by atoms with Crippen LogP contribution in [0.1, 0.15) is 0 Å². The predicted molar refractivity (Wildman–Crippen MR) is 51.7 cm³/mol. The van der Waals surface area contributed by atoms with Crippen molar-refractivity contribution in [3.05, 3.63) is 27.7 Å². The number of aromatic amines is 1. The smallest absolute Gasteiger partial charge is 0.423 e. The molecule has 0 bridgehead atoms. The van der Waals surface area contributed by atoms with Crippen LogP contribution in [0.15, 0.2) is 21.3 Å². The molecule has 7 heteroatoms. The molecular weight excluding hydrogens is 208 g/mol. The molecule has 0 spiro atoms. The summed E-state index contributed by atoms with van der Waals surface area (Å²) in [6.45, 7) is 0. The van der Waals surface area contributed by atoms with Crippen LogP contribution < -0.4 is 11.2 Å². The van der Waals surface area contributed by atoms with Crippen molar-refractivity contribution in [3.8, 4) is 0 Å². The van der Waals surface area contributed by atoms with Gasteiger partial charge in [0.15, 0.2) is 5.58 Å². The number of fused-ring (bicyclic) bond motifs is 1. The highest BCUT2D eigenvalue weighted by Gasteiger charge is 2.19. The van der Waals surface area contributed by atoms with Crippen molar-refractivity contribution in [2.24, 2.45) is 0 Å². The number of oxazole rings is 1. The number of hydrogen-bond donors (Lipinski definition) is 3. The molecule has 0 amide bonds. The summed E-state index contributed by atoms with van der Waals surface area (Å²) < 4.78 is 4.73. The van der Waals surface area contributed by atoms with E-state index >= 15 is 0 Å². The van der Waals surface area contributed by atoms with Gasteiger partial charge in [-0.15, -0.1) is 0 Å². The Morgan fingerprint density at radius 1 is 1.43 bits per heavy atom. The van der Waals surface area contributed by atoms with Crippen LogP contribution in [0.3, 0.4) is 0 Å². The highest BCUT2D eigenvalue weighted by atomic mass is 35.5. The molecule has 0 atom stereocenters. The molecule has 5 nitrogen and oxygen atoms in total. The van der Waals surface area contributed by atoms with Gasteiger partial charge in [0.1, 0.15) is 5.52 Å². The third kappa shape index (κ3) is 1.33. The fourth-order valence-corrected chi connectivity index (χ4v) is 1.42. The lowest BCUT2D eigenvalue weighted by molar-refractivity contribution is 0.425. The number of hydrogen-bond acceptors (Lipinski definition) is 4. The molecule has 3 N–H and O–H groups in total. The van der Waals surface area contributed by atoms with Gasteiger partial charge in [0, 0.05) is 5.46 Å². The molecule has 0 aliphatic rings. The maximum absolute atomic E-state index is 10.9.